The minimum absolute atomic E-state index is 0.208. The molecule has 164 valence electrons. The molecular weight excluding hydrogens is 414 g/mol. The van der Waals surface area contributed by atoms with E-state index in [0.29, 0.717) is 6.42 Å². The highest BCUT2D eigenvalue weighted by Gasteiger charge is 2.27. The fourth-order valence-electron chi connectivity index (χ4n) is 5.63. The third-order valence-corrected chi connectivity index (χ3v) is 8.56. The zero-order chi connectivity index (χ0) is 21.7. The highest BCUT2D eigenvalue weighted by Crippen LogP contribution is 2.35. The van der Waals surface area contributed by atoms with Crippen LogP contribution in [-0.4, -0.2) is 34.6 Å². The number of thiophene rings is 1. The van der Waals surface area contributed by atoms with E-state index in [0.717, 1.165) is 54.8 Å². The predicted molar refractivity (Wildman–Crippen MR) is 133 cm³/mol. The minimum Gasteiger partial charge on any atom is -0.306 e. The molecule has 5 heteroatoms. The van der Waals surface area contributed by atoms with Crippen molar-refractivity contribution in [1.82, 2.24) is 14.5 Å². The highest BCUT2D eigenvalue weighted by molar-refractivity contribution is 7.18. The van der Waals surface area contributed by atoms with Crippen LogP contribution in [0.5, 0.6) is 0 Å². The molecule has 2 aromatic heterocycles. The van der Waals surface area contributed by atoms with Crippen molar-refractivity contribution in [2.24, 2.45) is 0 Å². The Morgan fingerprint density at radius 1 is 1.03 bits per heavy atom. The first-order chi connectivity index (χ1) is 15.7. The van der Waals surface area contributed by atoms with Crippen molar-refractivity contribution in [3.05, 3.63) is 74.6 Å². The lowest BCUT2D eigenvalue weighted by Gasteiger charge is -2.31. The number of fused-ring (bicyclic) bond motifs is 4. The molecule has 1 fully saturated rings. The van der Waals surface area contributed by atoms with Crippen LogP contribution in [0.3, 0.4) is 0 Å². The predicted octanol–water partition coefficient (Wildman–Crippen LogP) is 5.35. The number of hydrogen-bond donors (Lipinski definition) is 0. The van der Waals surface area contributed by atoms with Crippen molar-refractivity contribution < 1.29 is 0 Å². The van der Waals surface area contributed by atoms with Crippen molar-refractivity contribution in [1.29, 1.82) is 0 Å². The number of hydrogen-bond acceptors (Lipinski definition) is 4. The zero-order valence-corrected chi connectivity index (χ0v) is 19.5. The van der Waals surface area contributed by atoms with Gasteiger partial charge in [0, 0.05) is 17.3 Å². The van der Waals surface area contributed by atoms with Crippen LogP contribution in [0, 0.1) is 0 Å². The van der Waals surface area contributed by atoms with Gasteiger partial charge in [0.15, 0.2) is 0 Å². The molecule has 0 saturated carbocycles. The zero-order valence-electron chi connectivity index (χ0n) is 18.6. The van der Waals surface area contributed by atoms with E-state index >= 15 is 0 Å². The molecular formula is C27H29N3OS. The van der Waals surface area contributed by atoms with Crippen LogP contribution in [0.1, 0.15) is 53.6 Å². The monoisotopic (exact) mass is 443 g/mol. The molecule has 32 heavy (non-hydrogen) atoms. The number of nitrogens with zero attached hydrogens (tertiary/aromatic N) is 3. The average molecular weight is 444 g/mol. The maximum Gasteiger partial charge on any atom is 0.262 e. The Hall–Kier alpha value is -2.50. The molecule has 0 amide bonds. The SMILES string of the molecule is CN1CCC(n2c(Cc3cccc4ccccc34)nc3sc4c(c3c2=O)CCCC4)CC1. The lowest BCUT2D eigenvalue weighted by Crippen LogP contribution is -2.37. The number of likely N-dealkylation sites (tertiary alicyclic amines) is 1. The van der Waals surface area contributed by atoms with Crippen molar-refractivity contribution in [2.75, 3.05) is 20.1 Å². The van der Waals surface area contributed by atoms with Crippen LogP contribution < -0.4 is 5.56 Å². The van der Waals surface area contributed by atoms with E-state index in [-0.39, 0.29) is 11.6 Å². The first-order valence-electron chi connectivity index (χ1n) is 11.9. The molecule has 1 aliphatic carbocycles. The number of aryl methyl sites for hydroxylation is 2. The molecule has 4 aromatic rings. The van der Waals surface area contributed by atoms with Gasteiger partial charge in [-0.25, -0.2) is 4.98 Å². The summed E-state index contributed by atoms with van der Waals surface area (Å²) in [6.07, 6.45) is 7.26. The molecule has 0 N–H and O–H groups in total. The molecule has 0 atom stereocenters. The molecule has 0 bridgehead atoms. The Kier molecular flexibility index (Phi) is 5.11. The standard InChI is InChI=1S/C27H29N3OS/c1-29-15-13-20(14-16-29)30-24(17-19-9-6-8-18-7-2-3-10-21(18)19)28-26-25(27(30)31)22-11-4-5-12-23(22)32-26/h2-3,6-10,20H,4-5,11-17H2,1H3. The van der Waals surface area contributed by atoms with Gasteiger partial charge in [-0.2, -0.15) is 0 Å². The molecule has 6 rings (SSSR count). The third-order valence-electron chi connectivity index (χ3n) is 7.38. The van der Waals surface area contributed by atoms with E-state index in [1.54, 1.807) is 11.3 Å². The molecule has 4 nitrogen and oxygen atoms in total. The van der Waals surface area contributed by atoms with E-state index in [1.807, 2.05) is 0 Å². The van der Waals surface area contributed by atoms with E-state index in [4.69, 9.17) is 4.98 Å². The maximum atomic E-state index is 14.0. The van der Waals surface area contributed by atoms with Crippen LogP contribution in [-0.2, 0) is 19.3 Å². The molecule has 0 spiro atoms. The summed E-state index contributed by atoms with van der Waals surface area (Å²) in [4.78, 5) is 24.0. The van der Waals surface area contributed by atoms with Crippen molar-refractivity contribution in [2.45, 2.75) is 51.0 Å². The maximum absolute atomic E-state index is 14.0. The quantitative estimate of drug-likeness (QED) is 0.429. The Bertz CT molecular complexity index is 1360. The lowest BCUT2D eigenvalue weighted by atomic mass is 9.96. The first kappa shape index (κ1) is 20.1. The number of rotatable bonds is 3. The van der Waals surface area contributed by atoms with E-state index in [1.165, 1.54) is 39.6 Å². The molecule has 1 saturated heterocycles. The molecule has 0 unspecified atom stereocenters. The summed E-state index contributed by atoms with van der Waals surface area (Å²) >= 11 is 1.77. The van der Waals surface area contributed by atoms with Crippen molar-refractivity contribution in [3.63, 3.8) is 0 Å². The average Bonchev–Trinajstić information content (AvgIpc) is 3.19. The Morgan fingerprint density at radius 2 is 1.81 bits per heavy atom. The van der Waals surface area contributed by atoms with Crippen LogP contribution in [0.4, 0.5) is 0 Å². The fraction of sp³-hybridized carbons (Fsp3) is 0.407. The van der Waals surface area contributed by atoms with Crippen LogP contribution in [0.2, 0.25) is 0 Å². The van der Waals surface area contributed by atoms with E-state index in [9.17, 15) is 4.79 Å². The second kappa shape index (κ2) is 8.13. The second-order valence-electron chi connectivity index (χ2n) is 9.44. The summed E-state index contributed by atoms with van der Waals surface area (Å²) in [5.41, 5.74) is 2.75. The molecule has 3 heterocycles. The van der Waals surface area contributed by atoms with Gasteiger partial charge in [-0.05, 0) is 80.6 Å². The van der Waals surface area contributed by atoms with Gasteiger partial charge < -0.3 is 4.90 Å². The van der Waals surface area contributed by atoms with Gasteiger partial charge in [0.25, 0.3) is 5.56 Å². The molecule has 2 aliphatic rings. The van der Waals surface area contributed by atoms with Crippen LogP contribution in [0.15, 0.2) is 47.3 Å². The van der Waals surface area contributed by atoms with Crippen molar-refractivity contribution >= 4 is 32.3 Å². The van der Waals surface area contributed by atoms with Crippen LogP contribution >= 0.6 is 11.3 Å². The normalized spacial score (nSPS) is 17.8. The molecule has 1 aliphatic heterocycles. The topological polar surface area (TPSA) is 38.1 Å². The fourth-order valence-corrected chi connectivity index (χ4v) is 6.90. The summed E-state index contributed by atoms with van der Waals surface area (Å²) in [7, 11) is 2.17. The Labute approximate surface area is 192 Å². The first-order valence-corrected chi connectivity index (χ1v) is 12.7. The van der Waals surface area contributed by atoms with Gasteiger partial charge in [0.2, 0.25) is 0 Å². The molecule has 0 radical (unpaired) electrons. The highest BCUT2D eigenvalue weighted by atomic mass is 32.1. The molecule has 2 aromatic carbocycles. The Morgan fingerprint density at radius 3 is 2.69 bits per heavy atom. The minimum atomic E-state index is 0.208. The van der Waals surface area contributed by atoms with Gasteiger partial charge in [-0.15, -0.1) is 11.3 Å². The lowest BCUT2D eigenvalue weighted by molar-refractivity contribution is 0.216. The second-order valence-corrected chi connectivity index (χ2v) is 10.5. The Balaban J connectivity index is 1.54. The van der Waals surface area contributed by atoms with Gasteiger partial charge in [-0.3, -0.25) is 9.36 Å². The number of aromatic nitrogens is 2. The summed E-state index contributed by atoms with van der Waals surface area (Å²) in [5, 5.41) is 3.42. The number of benzene rings is 2. The summed E-state index contributed by atoms with van der Waals surface area (Å²) in [6.45, 7) is 2.06. The van der Waals surface area contributed by atoms with Gasteiger partial charge in [-0.1, -0.05) is 42.5 Å². The summed E-state index contributed by atoms with van der Waals surface area (Å²) in [5.74, 6) is 0.937. The largest absolute Gasteiger partial charge is 0.306 e. The van der Waals surface area contributed by atoms with E-state index < -0.39 is 0 Å². The van der Waals surface area contributed by atoms with Crippen molar-refractivity contribution in [3.8, 4) is 0 Å². The van der Waals surface area contributed by atoms with Gasteiger partial charge in [0.05, 0.1) is 5.39 Å². The van der Waals surface area contributed by atoms with Crippen LogP contribution in [0.25, 0.3) is 21.0 Å². The van der Waals surface area contributed by atoms with Gasteiger partial charge in [0.1, 0.15) is 10.7 Å². The smallest absolute Gasteiger partial charge is 0.262 e. The summed E-state index contributed by atoms with van der Waals surface area (Å²) in [6, 6.07) is 15.2. The van der Waals surface area contributed by atoms with E-state index in [2.05, 4.69) is 59.0 Å². The van der Waals surface area contributed by atoms with Gasteiger partial charge >= 0.3 is 0 Å². The summed E-state index contributed by atoms with van der Waals surface area (Å²) < 4.78 is 2.10. The number of piperidine rings is 1. The third kappa shape index (κ3) is 3.39.